The fourth-order valence-corrected chi connectivity index (χ4v) is 1.24. The first-order chi connectivity index (χ1) is 7.74. The molecule has 1 unspecified atom stereocenters. The Hall–Kier alpha value is -1.18. The minimum absolute atomic E-state index is 0.444. The van der Waals surface area contributed by atoms with Gasteiger partial charge in [0.25, 0.3) is 0 Å². The van der Waals surface area contributed by atoms with Crippen LogP contribution in [0.5, 0.6) is 0 Å². The van der Waals surface area contributed by atoms with Crippen molar-refractivity contribution in [3.63, 3.8) is 0 Å². The smallest absolute Gasteiger partial charge is 0.364 e. The normalized spacial score (nSPS) is 20.0. The molecule has 0 saturated heterocycles. The van der Waals surface area contributed by atoms with E-state index < -0.39 is 10.4 Å². The highest BCUT2D eigenvalue weighted by Gasteiger charge is 2.11. The van der Waals surface area contributed by atoms with Crippen LogP contribution in [-0.4, -0.2) is 35.9 Å². The molecule has 0 saturated carbocycles. The standard InChI is InChI=1S/C10H16N2.H2O4S/c1-4-5-9-6-7-11-10(12-9)8(2)3;1-5(2,3)4/h4-5,9H,2,6-7H2,1,3H3,(H,11,12);(H2,1,2,3,4). The molecule has 1 atom stereocenters. The van der Waals surface area contributed by atoms with Crippen molar-refractivity contribution in [3.8, 4) is 0 Å². The molecule has 0 aromatic rings. The second kappa shape index (κ2) is 7.21. The van der Waals surface area contributed by atoms with Crippen LogP contribution >= 0.6 is 0 Å². The lowest BCUT2D eigenvalue weighted by Crippen LogP contribution is -2.38. The van der Waals surface area contributed by atoms with Crippen LogP contribution in [0, 0.1) is 0 Å². The van der Waals surface area contributed by atoms with Gasteiger partial charge in [-0.1, -0.05) is 18.7 Å². The molecule has 1 aliphatic heterocycles. The lowest BCUT2D eigenvalue weighted by Gasteiger charge is -2.22. The third kappa shape index (κ3) is 9.73. The number of nitrogens with zero attached hydrogens (tertiary/aromatic N) is 1. The molecule has 0 aliphatic carbocycles. The average Bonchev–Trinajstić information content (AvgIpc) is 2.16. The first-order valence-corrected chi connectivity index (χ1v) is 6.43. The first-order valence-electron chi connectivity index (χ1n) is 5.03. The number of rotatable bonds is 2. The molecular formula is C10H18N2O4S. The van der Waals surface area contributed by atoms with E-state index in [0.29, 0.717) is 6.04 Å². The largest absolute Gasteiger partial charge is 0.394 e. The van der Waals surface area contributed by atoms with Crippen LogP contribution in [0.2, 0.25) is 0 Å². The Balaban J connectivity index is 0.000000437. The summed E-state index contributed by atoms with van der Waals surface area (Å²) >= 11 is 0. The quantitative estimate of drug-likeness (QED) is 0.513. The van der Waals surface area contributed by atoms with Gasteiger partial charge in [-0.25, -0.2) is 0 Å². The van der Waals surface area contributed by atoms with Crippen molar-refractivity contribution in [3.05, 3.63) is 24.3 Å². The molecule has 7 heteroatoms. The van der Waals surface area contributed by atoms with Gasteiger partial charge in [0.2, 0.25) is 0 Å². The zero-order valence-electron chi connectivity index (χ0n) is 9.92. The zero-order valence-corrected chi connectivity index (χ0v) is 10.7. The highest BCUT2D eigenvalue weighted by molar-refractivity contribution is 7.79. The maximum Gasteiger partial charge on any atom is 0.394 e. The van der Waals surface area contributed by atoms with Crippen molar-refractivity contribution in [2.24, 2.45) is 4.99 Å². The predicted octanol–water partition coefficient (Wildman–Crippen LogP) is 1.25. The molecule has 0 amide bonds. The molecule has 0 fully saturated rings. The predicted molar refractivity (Wildman–Crippen MR) is 67.6 cm³/mol. The van der Waals surface area contributed by atoms with Gasteiger partial charge in [0, 0.05) is 12.6 Å². The van der Waals surface area contributed by atoms with Gasteiger partial charge in [0.15, 0.2) is 0 Å². The molecule has 1 rings (SSSR count). The summed E-state index contributed by atoms with van der Waals surface area (Å²) in [7, 11) is -4.67. The SMILES string of the molecule is C=C(C)C1=NCCC(C=CC)N1.O=S(=O)(O)O. The first kappa shape index (κ1) is 15.8. The van der Waals surface area contributed by atoms with Crippen molar-refractivity contribution < 1.29 is 17.5 Å². The maximum absolute atomic E-state index is 8.74. The Morgan fingerprint density at radius 2 is 2.12 bits per heavy atom. The van der Waals surface area contributed by atoms with Gasteiger partial charge in [-0.2, -0.15) is 8.42 Å². The van der Waals surface area contributed by atoms with E-state index in [1.54, 1.807) is 0 Å². The molecule has 17 heavy (non-hydrogen) atoms. The molecule has 0 bridgehead atoms. The van der Waals surface area contributed by atoms with E-state index >= 15 is 0 Å². The van der Waals surface area contributed by atoms with Crippen LogP contribution in [-0.2, 0) is 10.4 Å². The summed E-state index contributed by atoms with van der Waals surface area (Å²) in [5, 5.41) is 3.32. The third-order valence-corrected chi connectivity index (χ3v) is 1.86. The van der Waals surface area contributed by atoms with E-state index in [1.807, 2.05) is 13.8 Å². The second-order valence-corrected chi connectivity index (χ2v) is 4.42. The number of aliphatic imine (C=N–C) groups is 1. The van der Waals surface area contributed by atoms with E-state index in [4.69, 9.17) is 17.5 Å². The molecule has 6 nitrogen and oxygen atoms in total. The Morgan fingerprint density at radius 3 is 2.53 bits per heavy atom. The molecule has 1 heterocycles. The minimum Gasteiger partial charge on any atom is -0.364 e. The van der Waals surface area contributed by atoms with Crippen LogP contribution in [0.4, 0.5) is 0 Å². The number of hydrogen-bond acceptors (Lipinski definition) is 4. The van der Waals surface area contributed by atoms with Crippen LogP contribution in [0.25, 0.3) is 0 Å². The van der Waals surface area contributed by atoms with Gasteiger partial charge < -0.3 is 5.32 Å². The Bertz CT molecular complexity index is 404. The van der Waals surface area contributed by atoms with Crippen LogP contribution in [0.1, 0.15) is 20.3 Å². The third-order valence-electron chi connectivity index (χ3n) is 1.86. The molecule has 0 radical (unpaired) electrons. The number of amidine groups is 1. The number of nitrogens with one attached hydrogen (secondary N) is 1. The molecule has 0 aromatic heterocycles. The van der Waals surface area contributed by atoms with E-state index in [2.05, 4.69) is 29.0 Å². The second-order valence-electron chi connectivity index (χ2n) is 3.52. The van der Waals surface area contributed by atoms with Gasteiger partial charge in [0.1, 0.15) is 5.84 Å². The summed E-state index contributed by atoms with van der Waals surface area (Å²) in [6.45, 7) is 8.77. The average molecular weight is 262 g/mol. The van der Waals surface area contributed by atoms with Crippen molar-refractivity contribution in [2.75, 3.05) is 6.54 Å². The highest BCUT2D eigenvalue weighted by Crippen LogP contribution is 2.04. The van der Waals surface area contributed by atoms with E-state index in [9.17, 15) is 0 Å². The Labute approximate surface area is 102 Å². The molecule has 98 valence electrons. The fourth-order valence-electron chi connectivity index (χ4n) is 1.24. The van der Waals surface area contributed by atoms with Crippen LogP contribution < -0.4 is 5.32 Å². The topological polar surface area (TPSA) is 99.0 Å². The van der Waals surface area contributed by atoms with E-state index in [0.717, 1.165) is 24.4 Å². The maximum atomic E-state index is 8.74. The molecular weight excluding hydrogens is 244 g/mol. The van der Waals surface area contributed by atoms with Gasteiger partial charge in [-0.3, -0.25) is 14.1 Å². The number of allylic oxidation sites excluding steroid dienone is 1. The van der Waals surface area contributed by atoms with Gasteiger partial charge in [-0.15, -0.1) is 0 Å². The monoisotopic (exact) mass is 262 g/mol. The lowest BCUT2D eigenvalue weighted by molar-refractivity contribution is 0.381. The van der Waals surface area contributed by atoms with Gasteiger partial charge in [0.05, 0.1) is 0 Å². The molecule has 1 aliphatic rings. The minimum atomic E-state index is -4.67. The Kier molecular flexibility index (Phi) is 6.71. The fraction of sp³-hybridized carbons (Fsp3) is 0.500. The van der Waals surface area contributed by atoms with E-state index in [-0.39, 0.29) is 0 Å². The molecule has 0 aromatic carbocycles. The Morgan fingerprint density at radius 1 is 1.59 bits per heavy atom. The number of hydrogen-bond donors (Lipinski definition) is 3. The van der Waals surface area contributed by atoms with Crippen molar-refractivity contribution in [1.82, 2.24) is 5.32 Å². The van der Waals surface area contributed by atoms with Crippen LogP contribution in [0.15, 0.2) is 29.3 Å². The van der Waals surface area contributed by atoms with Crippen molar-refractivity contribution in [1.29, 1.82) is 0 Å². The summed E-state index contributed by atoms with van der Waals surface area (Å²) in [5.74, 6) is 0.962. The summed E-state index contributed by atoms with van der Waals surface area (Å²) in [6.07, 6.45) is 5.32. The van der Waals surface area contributed by atoms with Crippen molar-refractivity contribution >= 4 is 16.2 Å². The summed E-state index contributed by atoms with van der Waals surface area (Å²) in [4.78, 5) is 4.33. The molecule has 0 spiro atoms. The van der Waals surface area contributed by atoms with Gasteiger partial charge in [-0.05, 0) is 25.8 Å². The van der Waals surface area contributed by atoms with E-state index in [1.165, 1.54) is 0 Å². The molecule has 3 N–H and O–H groups in total. The van der Waals surface area contributed by atoms with Gasteiger partial charge >= 0.3 is 10.4 Å². The lowest BCUT2D eigenvalue weighted by atomic mass is 10.1. The van der Waals surface area contributed by atoms with Crippen molar-refractivity contribution in [2.45, 2.75) is 26.3 Å². The highest BCUT2D eigenvalue weighted by atomic mass is 32.3. The summed E-state index contributed by atoms with van der Waals surface area (Å²) in [6, 6.07) is 0.444. The summed E-state index contributed by atoms with van der Waals surface area (Å²) < 4.78 is 31.6. The zero-order chi connectivity index (χ0) is 13.5. The summed E-state index contributed by atoms with van der Waals surface area (Å²) in [5.41, 5.74) is 1.02. The van der Waals surface area contributed by atoms with Crippen LogP contribution in [0.3, 0.4) is 0 Å².